The van der Waals surface area contributed by atoms with Crippen molar-refractivity contribution in [2.45, 2.75) is 38.5 Å². The summed E-state index contributed by atoms with van der Waals surface area (Å²) in [4.78, 5) is 11.4. The second-order valence-corrected chi connectivity index (χ2v) is 3.48. The van der Waals surface area contributed by atoms with Gasteiger partial charge in [-0.25, -0.2) is 0 Å². The topological polar surface area (TPSA) is 29.1 Å². The van der Waals surface area contributed by atoms with Crippen LogP contribution in [0.5, 0.6) is 0 Å². The van der Waals surface area contributed by atoms with E-state index in [1.54, 1.807) is 0 Å². The summed E-state index contributed by atoms with van der Waals surface area (Å²) < 4.78 is 0. The molecule has 0 aromatic heterocycles. The number of amides is 1. The Hall–Kier alpha value is -0.530. The van der Waals surface area contributed by atoms with E-state index in [4.69, 9.17) is 0 Å². The van der Waals surface area contributed by atoms with E-state index >= 15 is 0 Å². The van der Waals surface area contributed by atoms with Crippen LogP contribution in [0.15, 0.2) is 0 Å². The summed E-state index contributed by atoms with van der Waals surface area (Å²) in [6, 6.07) is 0. The quantitative estimate of drug-likeness (QED) is 0.685. The third-order valence-corrected chi connectivity index (χ3v) is 2.45. The number of nitrogens with one attached hydrogen (secondary N) is 1. The minimum atomic E-state index is 0.248. The summed E-state index contributed by atoms with van der Waals surface area (Å²) in [7, 11) is 0. The van der Waals surface area contributed by atoms with E-state index in [0.717, 1.165) is 25.8 Å². The van der Waals surface area contributed by atoms with Crippen molar-refractivity contribution in [3.8, 4) is 0 Å². The van der Waals surface area contributed by atoms with E-state index in [1.165, 1.54) is 19.3 Å². The molecule has 2 heteroatoms. The van der Waals surface area contributed by atoms with E-state index in [-0.39, 0.29) is 5.91 Å². The number of rotatable bonds is 3. The van der Waals surface area contributed by atoms with Crippen molar-refractivity contribution in [2.24, 2.45) is 5.92 Å². The highest BCUT2D eigenvalue weighted by Crippen LogP contribution is 2.23. The zero-order valence-corrected chi connectivity index (χ0v) is 7.64. The van der Waals surface area contributed by atoms with Gasteiger partial charge >= 0.3 is 0 Å². The largest absolute Gasteiger partial charge is 0.356 e. The van der Waals surface area contributed by atoms with E-state index in [1.807, 2.05) is 0 Å². The molecule has 0 aromatic rings. The zero-order valence-electron chi connectivity index (χ0n) is 7.64. The third kappa shape index (κ3) is 2.84. The molecule has 0 bridgehead atoms. The van der Waals surface area contributed by atoms with Crippen molar-refractivity contribution >= 4 is 5.91 Å². The van der Waals surface area contributed by atoms with Crippen molar-refractivity contribution in [1.82, 2.24) is 5.32 Å². The van der Waals surface area contributed by atoms with Crippen LogP contribution < -0.4 is 5.32 Å². The van der Waals surface area contributed by atoms with Crippen LogP contribution in [0.25, 0.3) is 0 Å². The molecule has 1 amide bonds. The maximum absolute atomic E-state index is 11.4. The SMILES string of the molecule is [CH2]CCNC(=O)C1CCCCC1. The molecular weight excluding hydrogens is 150 g/mol. The van der Waals surface area contributed by atoms with Gasteiger partial charge < -0.3 is 5.32 Å². The first-order chi connectivity index (χ1) is 5.84. The Balaban J connectivity index is 2.20. The Morgan fingerprint density at radius 2 is 2.00 bits per heavy atom. The van der Waals surface area contributed by atoms with Gasteiger partial charge in [0.25, 0.3) is 0 Å². The van der Waals surface area contributed by atoms with Crippen molar-refractivity contribution in [1.29, 1.82) is 0 Å². The second kappa shape index (κ2) is 5.18. The van der Waals surface area contributed by atoms with Gasteiger partial charge in [-0.05, 0) is 19.3 Å². The molecule has 69 valence electrons. The van der Waals surface area contributed by atoms with Gasteiger partial charge in [0.2, 0.25) is 5.91 Å². The molecule has 0 aliphatic heterocycles. The molecule has 0 heterocycles. The first-order valence-corrected chi connectivity index (χ1v) is 4.91. The van der Waals surface area contributed by atoms with Gasteiger partial charge in [-0.15, -0.1) is 0 Å². The van der Waals surface area contributed by atoms with Crippen LogP contribution in [0, 0.1) is 12.8 Å². The molecule has 1 fully saturated rings. The molecule has 1 aliphatic carbocycles. The van der Waals surface area contributed by atoms with E-state index < -0.39 is 0 Å². The molecule has 0 spiro atoms. The van der Waals surface area contributed by atoms with Crippen LogP contribution in [-0.2, 0) is 4.79 Å². The van der Waals surface area contributed by atoms with Crippen molar-refractivity contribution in [2.75, 3.05) is 6.54 Å². The predicted octanol–water partition coefficient (Wildman–Crippen LogP) is 1.91. The first kappa shape index (κ1) is 9.56. The van der Waals surface area contributed by atoms with Crippen LogP contribution in [0.3, 0.4) is 0 Å². The smallest absolute Gasteiger partial charge is 0.223 e. The highest BCUT2D eigenvalue weighted by Gasteiger charge is 2.19. The molecule has 1 aliphatic rings. The highest BCUT2D eigenvalue weighted by atomic mass is 16.1. The minimum absolute atomic E-state index is 0.248. The molecule has 12 heavy (non-hydrogen) atoms. The fraction of sp³-hybridized carbons (Fsp3) is 0.800. The summed E-state index contributed by atoms with van der Waals surface area (Å²) in [5.41, 5.74) is 0. The van der Waals surface area contributed by atoms with Crippen LogP contribution in [0.4, 0.5) is 0 Å². The number of hydrogen-bond donors (Lipinski definition) is 1. The summed E-state index contributed by atoms with van der Waals surface area (Å²) >= 11 is 0. The molecule has 1 rings (SSSR count). The molecule has 2 nitrogen and oxygen atoms in total. The Morgan fingerprint density at radius 1 is 1.33 bits per heavy atom. The van der Waals surface area contributed by atoms with Gasteiger partial charge in [0.05, 0.1) is 0 Å². The average Bonchev–Trinajstić information content (AvgIpc) is 2.15. The Bertz CT molecular complexity index is 139. The second-order valence-electron chi connectivity index (χ2n) is 3.48. The molecule has 1 saturated carbocycles. The average molecular weight is 168 g/mol. The lowest BCUT2D eigenvalue weighted by Gasteiger charge is -2.20. The Kier molecular flexibility index (Phi) is 4.12. The summed E-state index contributed by atoms with van der Waals surface area (Å²) in [5.74, 6) is 0.545. The van der Waals surface area contributed by atoms with E-state index in [2.05, 4.69) is 12.2 Å². The van der Waals surface area contributed by atoms with Crippen LogP contribution >= 0.6 is 0 Å². The number of carbonyl (C=O) groups is 1. The summed E-state index contributed by atoms with van der Waals surface area (Å²) in [6.07, 6.45) is 6.72. The standard InChI is InChI=1S/C10H18NO/c1-2-8-11-10(12)9-6-4-3-5-7-9/h9H,1-8H2,(H,11,12). The van der Waals surface area contributed by atoms with Crippen LogP contribution in [0.1, 0.15) is 38.5 Å². The number of carbonyl (C=O) groups excluding carboxylic acids is 1. The first-order valence-electron chi connectivity index (χ1n) is 4.91. The summed E-state index contributed by atoms with van der Waals surface area (Å²) in [5, 5.41) is 2.90. The molecule has 0 aromatic carbocycles. The predicted molar refractivity (Wildman–Crippen MR) is 49.6 cm³/mol. The highest BCUT2D eigenvalue weighted by molar-refractivity contribution is 5.78. The maximum atomic E-state index is 11.4. The van der Waals surface area contributed by atoms with E-state index in [9.17, 15) is 4.79 Å². The molecule has 0 unspecified atom stereocenters. The Morgan fingerprint density at radius 3 is 2.58 bits per heavy atom. The molecule has 1 radical (unpaired) electrons. The van der Waals surface area contributed by atoms with Crippen molar-refractivity contribution in [3.05, 3.63) is 6.92 Å². The lowest BCUT2D eigenvalue weighted by Crippen LogP contribution is -2.32. The van der Waals surface area contributed by atoms with Crippen LogP contribution in [-0.4, -0.2) is 12.5 Å². The minimum Gasteiger partial charge on any atom is -0.356 e. The lowest BCUT2D eigenvalue weighted by molar-refractivity contribution is -0.125. The van der Waals surface area contributed by atoms with Gasteiger partial charge in [-0.3, -0.25) is 4.79 Å². The molecule has 0 saturated heterocycles. The van der Waals surface area contributed by atoms with E-state index in [0.29, 0.717) is 5.92 Å². The number of hydrogen-bond acceptors (Lipinski definition) is 1. The normalized spacial score (nSPS) is 19.1. The fourth-order valence-corrected chi connectivity index (χ4v) is 1.72. The van der Waals surface area contributed by atoms with Crippen LogP contribution in [0.2, 0.25) is 0 Å². The van der Waals surface area contributed by atoms with Crippen molar-refractivity contribution in [3.63, 3.8) is 0 Å². The van der Waals surface area contributed by atoms with Gasteiger partial charge in [-0.2, -0.15) is 0 Å². The van der Waals surface area contributed by atoms with Crippen molar-refractivity contribution < 1.29 is 4.79 Å². The van der Waals surface area contributed by atoms with Gasteiger partial charge in [0, 0.05) is 12.5 Å². The van der Waals surface area contributed by atoms with Gasteiger partial charge in [0.1, 0.15) is 0 Å². The monoisotopic (exact) mass is 168 g/mol. The lowest BCUT2D eigenvalue weighted by atomic mass is 9.89. The molecular formula is C10H18NO. The fourth-order valence-electron chi connectivity index (χ4n) is 1.72. The zero-order chi connectivity index (χ0) is 8.81. The Labute approximate surface area is 74.7 Å². The maximum Gasteiger partial charge on any atom is 0.223 e. The summed E-state index contributed by atoms with van der Waals surface area (Å²) in [6.45, 7) is 4.42. The molecule has 1 N–H and O–H groups in total. The van der Waals surface area contributed by atoms with Gasteiger partial charge in [-0.1, -0.05) is 26.2 Å². The molecule has 0 atom stereocenters. The third-order valence-electron chi connectivity index (χ3n) is 2.45. The van der Waals surface area contributed by atoms with Gasteiger partial charge in [0.15, 0.2) is 0 Å².